The van der Waals surface area contributed by atoms with E-state index in [4.69, 9.17) is 5.26 Å². The summed E-state index contributed by atoms with van der Waals surface area (Å²) in [6, 6.07) is 21.4. The number of nitrogens with zero attached hydrogens (tertiary/aromatic N) is 3. The van der Waals surface area contributed by atoms with Gasteiger partial charge in [-0.25, -0.2) is 4.98 Å². The van der Waals surface area contributed by atoms with Crippen LogP contribution in [0.4, 0.5) is 17.5 Å². The van der Waals surface area contributed by atoms with Gasteiger partial charge in [-0.2, -0.15) is 10.2 Å². The lowest BCUT2D eigenvalue weighted by molar-refractivity contribution is 0.827. The van der Waals surface area contributed by atoms with E-state index >= 15 is 0 Å². The molecule has 0 aliphatic heterocycles. The molecule has 0 unspecified atom stereocenters. The van der Waals surface area contributed by atoms with Gasteiger partial charge in [0.05, 0.1) is 17.3 Å². The molecule has 1 heterocycles. The first-order valence-electron chi connectivity index (χ1n) is 8.74. The summed E-state index contributed by atoms with van der Waals surface area (Å²) >= 11 is 0. The molecule has 0 atom stereocenters. The Morgan fingerprint density at radius 3 is 2.62 bits per heavy atom. The van der Waals surface area contributed by atoms with Gasteiger partial charge >= 0.3 is 0 Å². The lowest BCUT2D eigenvalue weighted by Crippen LogP contribution is -2.07. The van der Waals surface area contributed by atoms with Crippen molar-refractivity contribution in [3.63, 3.8) is 0 Å². The lowest BCUT2D eigenvalue weighted by Gasteiger charge is -2.11. The molecule has 130 valence electrons. The molecule has 0 spiro atoms. The van der Waals surface area contributed by atoms with Crippen molar-refractivity contribution in [3.05, 3.63) is 66.2 Å². The molecule has 0 radical (unpaired) electrons. The number of unbranched alkanes of at least 4 members (excludes halogenated alkanes) is 1. The zero-order valence-corrected chi connectivity index (χ0v) is 14.7. The molecule has 5 heteroatoms. The number of rotatable bonds is 7. The summed E-state index contributed by atoms with van der Waals surface area (Å²) in [7, 11) is 0. The lowest BCUT2D eigenvalue weighted by atomic mass is 10.1. The molecule has 0 saturated carbocycles. The number of nitrogens with one attached hydrogen (secondary N) is 2. The average Bonchev–Trinajstić information content (AvgIpc) is 2.69. The van der Waals surface area contributed by atoms with Gasteiger partial charge < -0.3 is 10.6 Å². The predicted octanol–water partition coefficient (Wildman–Crippen LogP) is 4.97. The molecule has 2 N–H and O–H groups in total. The molecular weight excluding hydrogens is 322 g/mol. The fourth-order valence-corrected chi connectivity index (χ4v) is 2.54. The smallest absolute Gasteiger partial charge is 0.225 e. The van der Waals surface area contributed by atoms with Crippen molar-refractivity contribution in [1.29, 1.82) is 5.26 Å². The van der Waals surface area contributed by atoms with Gasteiger partial charge in [-0.1, -0.05) is 49.7 Å². The molecule has 0 amide bonds. The number of anilines is 3. The molecule has 26 heavy (non-hydrogen) atoms. The van der Waals surface area contributed by atoms with E-state index in [9.17, 15) is 0 Å². The first-order valence-corrected chi connectivity index (χ1v) is 8.74. The third-order valence-corrected chi connectivity index (χ3v) is 3.87. The Kier molecular flexibility index (Phi) is 5.79. The van der Waals surface area contributed by atoms with Gasteiger partial charge in [-0.15, -0.1) is 0 Å². The van der Waals surface area contributed by atoms with Crippen LogP contribution in [0.2, 0.25) is 0 Å². The van der Waals surface area contributed by atoms with E-state index in [2.05, 4.69) is 33.6 Å². The molecule has 3 aromatic rings. The number of benzene rings is 2. The highest BCUT2D eigenvalue weighted by Gasteiger charge is 2.07. The van der Waals surface area contributed by atoms with E-state index in [0.29, 0.717) is 17.3 Å². The Labute approximate surface area is 153 Å². The Bertz CT molecular complexity index is 900. The van der Waals surface area contributed by atoms with Crippen molar-refractivity contribution >= 4 is 17.5 Å². The van der Waals surface area contributed by atoms with Crippen molar-refractivity contribution in [2.45, 2.75) is 19.8 Å². The third-order valence-electron chi connectivity index (χ3n) is 3.87. The summed E-state index contributed by atoms with van der Waals surface area (Å²) in [6.45, 7) is 2.98. The van der Waals surface area contributed by atoms with Crippen LogP contribution >= 0.6 is 0 Å². The van der Waals surface area contributed by atoms with E-state index in [-0.39, 0.29) is 0 Å². The first-order chi connectivity index (χ1) is 12.8. The standard InChI is InChI=1S/C21H21N5/c1-2-3-12-23-21-25-19(17-9-5-4-6-10-17)14-20(26-21)24-18-11-7-8-16(13-18)15-22/h4-11,13-14H,2-3,12H2,1H3,(H2,23,24,25,26). The van der Waals surface area contributed by atoms with Crippen LogP contribution < -0.4 is 10.6 Å². The van der Waals surface area contributed by atoms with Crippen LogP contribution in [0.15, 0.2) is 60.7 Å². The molecule has 5 nitrogen and oxygen atoms in total. The minimum atomic E-state index is 0.596. The Morgan fingerprint density at radius 2 is 1.85 bits per heavy atom. The van der Waals surface area contributed by atoms with E-state index in [0.717, 1.165) is 36.3 Å². The largest absolute Gasteiger partial charge is 0.354 e. The SMILES string of the molecule is CCCCNc1nc(Nc2cccc(C#N)c2)cc(-c2ccccc2)n1. The molecule has 0 fully saturated rings. The van der Waals surface area contributed by atoms with Gasteiger partial charge in [0.25, 0.3) is 0 Å². The van der Waals surface area contributed by atoms with E-state index < -0.39 is 0 Å². The zero-order chi connectivity index (χ0) is 18.2. The number of nitriles is 1. The summed E-state index contributed by atoms with van der Waals surface area (Å²) in [5, 5.41) is 15.6. The number of hydrogen-bond acceptors (Lipinski definition) is 5. The van der Waals surface area contributed by atoms with Gasteiger partial charge in [0, 0.05) is 23.9 Å². The van der Waals surface area contributed by atoms with Crippen LogP contribution in [0.1, 0.15) is 25.3 Å². The van der Waals surface area contributed by atoms with Crippen LogP contribution in [-0.4, -0.2) is 16.5 Å². The first kappa shape index (κ1) is 17.4. The molecule has 0 bridgehead atoms. The molecule has 2 aromatic carbocycles. The fraction of sp³-hybridized carbons (Fsp3) is 0.190. The maximum absolute atomic E-state index is 9.07. The maximum atomic E-state index is 9.07. The Morgan fingerprint density at radius 1 is 1.00 bits per heavy atom. The molecule has 0 saturated heterocycles. The molecule has 0 aliphatic carbocycles. The van der Waals surface area contributed by atoms with Crippen LogP contribution in [-0.2, 0) is 0 Å². The summed E-state index contributed by atoms with van der Waals surface area (Å²) in [5.41, 5.74) is 3.30. The third kappa shape index (κ3) is 4.58. The second-order valence-electron chi connectivity index (χ2n) is 5.93. The van der Waals surface area contributed by atoms with Gasteiger partial charge in [-0.05, 0) is 24.6 Å². The van der Waals surface area contributed by atoms with Gasteiger partial charge in [-0.3, -0.25) is 0 Å². The van der Waals surface area contributed by atoms with Crippen LogP contribution in [0.5, 0.6) is 0 Å². The summed E-state index contributed by atoms with van der Waals surface area (Å²) < 4.78 is 0. The molecule has 1 aromatic heterocycles. The zero-order valence-electron chi connectivity index (χ0n) is 14.7. The van der Waals surface area contributed by atoms with E-state index in [1.807, 2.05) is 48.5 Å². The topological polar surface area (TPSA) is 73.6 Å². The molecular formula is C21H21N5. The maximum Gasteiger partial charge on any atom is 0.225 e. The normalized spacial score (nSPS) is 10.2. The second-order valence-corrected chi connectivity index (χ2v) is 5.93. The average molecular weight is 343 g/mol. The summed E-state index contributed by atoms with van der Waals surface area (Å²) in [5.74, 6) is 1.28. The Balaban J connectivity index is 1.92. The van der Waals surface area contributed by atoms with Crippen molar-refractivity contribution in [3.8, 4) is 17.3 Å². The predicted molar refractivity (Wildman–Crippen MR) is 105 cm³/mol. The van der Waals surface area contributed by atoms with Crippen molar-refractivity contribution in [2.24, 2.45) is 0 Å². The molecule has 0 aliphatic rings. The van der Waals surface area contributed by atoms with Crippen molar-refractivity contribution in [2.75, 3.05) is 17.2 Å². The van der Waals surface area contributed by atoms with Gasteiger partial charge in [0.2, 0.25) is 5.95 Å². The van der Waals surface area contributed by atoms with Crippen LogP contribution in [0.25, 0.3) is 11.3 Å². The van der Waals surface area contributed by atoms with Crippen LogP contribution in [0.3, 0.4) is 0 Å². The number of aromatic nitrogens is 2. The highest BCUT2D eigenvalue weighted by Crippen LogP contribution is 2.24. The quantitative estimate of drug-likeness (QED) is 0.592. The summed E-state index contributed by atoms with van der Waals surface area (Å²) in [6.07, 6.45) is 2.17. The fourth-order valence-electron chi connectivity index (χ4n) is 2.54. The highest BCUT2D eigenvalue weighted by molar-refractivity contribution is 5.67. The molecule has 3 rings (SSSR count). The number of hydrogen-bond donors (Lipinski definition) is 2. The Hall–Kier alpha value is -3.39. The monoisotopic (exact) mass is 343 g/mol. The van der Waals surface area contributed by atoms with Crippen LogP contribution in [0, 0.1) is 11.3 Å². The van der Waals surface area contributed by atoms with Gasteiger partial charge in [0.1, 0.15) is 5.82 Å². The summed E-state index contributed by atoms with van der Waals surface area (Å²) in [4.78, 5) is 9.20. The van der Waals surface area contributed by atoms with Gasteiger partial charge in [0.15, 0.2) is 0 Å². The second kappa shape index (κ2) is 8.63. The van der Waals surface area contributed by atoms with Crippen molar-refractivity contribution < 1.29 is 0 Å². The van der Waals surface area contributed by atoms with E-state index in [1.165, 1.54) is 0 Å². The minimum absolute atomic E-state index is 0.596. The highest BCUT2D eigenvalue weighted by atomic mass is 15.1. The minimum Gasteiger partial charge on any atom is -0.354 e. The van der Waals surface area contributed by atoms with E-state index in [1.54, 1.807) is 12.1 Å². The van der Waals surface area contributed by atoms with Crippen molar-refractivity contribution in [1.82, 2.24) is 9.97 Å².